The van der Waals surface area contributed by atoms with Crippen LogP contribution in [0.2, 0.25) is 0 Å². The van der Waals surface area contributed by atoms with Gasteiger partial charge in [-0.15, -0.1) is 0 Å². The highest BCUT2D eigenvalue weighted by Crippen LogP contribution is 2.27. The molecule has 1 aliphatic rings. The first-order valence-corrected chi connectivity index (χ1v) is 6.76. The molecule has 0 radical (unpaired) electrons. The van der Waals surface area contributed by atoms with Crippen molar-refractivity contribution < 1.29 is 13.9 Å². The highest BCUT2D eigenvalue weighted by atomic mass is 16.5. The molecule has 0 aliphatic heterocycles. The first kappa shape index (κ1) is 14.4. The molecule has 0 unspecified atom stereocenters. The predicted octanol–water partition coefficient (Wildman–Crippen LogP) is 1.45. The zero-order valence-electron chi connectivity index (χ0n) is 12.2. The summed E-state index contributed by atoms with van der Waals surface area (Å²) in [4.78, 5) is 15.6. The van der Waals surface area contributed by atoms with Gasteiger partial charge in [0.05, 0.1) is 13.7 Å². The number of methoxy groups -OCH3 is 1. The van der Waals surface area contributed by atoms with E-state index < -0.39 is 0 Å². The minimum absolute atomic E-state index is 0.381. The Morgan fingerprint density at radius 1 is 1.50 bits per heavy atom. The summed E-state index contributed by atoms with van der Waals surface area (Å²) in [5, 5.41) is 6.42. The molecule has 0 atom stereocenters. The summed E-state index contributed by atoms with van der Waals surface area (Å²) in [5.41, 5.74) is 0.463. The Bertz CT molecular complexity index is 504. The van der Waals surface area contributed by atoms with Crippen LogP contribution in [0.1, 0.15) is 34.7 Å². The topological polar surface area (TPSA) is 75.9 Å². The second kappa shape index (κ2) is 6.45. The molecule has 2 rings (SSSR count). The van der Waals surface area contributed by atoms with E-state index in [9.17, 15) is 4.79 Å². The Hall–Kier alpha value is -1.98. The van der Waals surface area contributed by atoms with E-state index in [1.165, 1.54) is 20.0 Å². The van der Waals surface area contributed by atoms with Crippen molar-refractivity contribution in [3.8, 4) is 0 Å². The van der Waals surface area contributed by atoms with Gasteiger partial charge in [-0.1, -0.05) is 0 Å². The van der Waals surface area contributed by atoms with Crippen LogP contribution in [0, 0.1) is 12.8 Å². The maximum atomic E-state index is 11.5. The number of carbonyl (C=O) groups is 1. The molecule has 0 amide bonds. The van der Waals surface area contributed by atoms with Crippen LogP contribution in [0.15, 0.2) is 15.5 Å². The second-order valence-electron chi connectivity index (χ2n) is 4.92. The minimum Gasteiger partial charge on any atom is -0.465 e. The molecule has 20 heavy (non-hydrogen) atoms. The van der Waals surface area contributed by atoms with E-state index in [4.69, 9.17) is 9.15 Å². The van der Waals surface area contributed by atoms with Crippen molar-refractivity contribution in [2.24, 2.45) is 10.9 Å². The molecule has 1 heterocycles. The Kier molecular flexibility index (Phi) is 4.65. The van der Waals surface area contributed by atoms with Gasteiger partial charge in [-0.05, 0) is 31.7 Å². The van der Waals surface area contributed by atoms with Crippen LogP contribution >= 0.6 is 0 Å². The Morgan fingerprint density at radius 3 is 2.85 bits per heavy atom. The number of furan rings is 1. The third-order valence-electron chi connectivity index (χ3n) is 3.28. The Labute approximate surface area is 118 Å². The maximum absolute atomic E-state index is 11.5. The summed E-state index contributed by atoms with van der Waals surface area (Å²) < 4.78 is 10.2. The fourth-order valence-electron chi connectivity index (χ4n) is 1.90. The highest BCUT2D eigenvalue weighted by Gasteiger charge is 2.21. The molecule has 110 valence electrons. The molecule has 1 saturated carbocycles. The molecule has 6 heteroatoms. The van der Waals surface area contributed by atoms with Crippen LogP contribution in [-0.2, 0) is 11.3 Å². The van der Waals surface area contributed by atoms with Crippen molar-refractivity contribution in [2.75, 3.05) is 20.7 Å². The van der Waals surface area contributed by atoms with Gasteiger partial charge in [0.2, 0.25) is 0 Å². The monoisotopic (exact) mass is 279 g/mol. The number of hydrogen-bond donors (Lipinski definition) is 2. The zero-order chi connectivity index (χ0) is 14.5. The van der Waals surface area contributed by atoms with Gasteiger partial charge >= 0.3 is 5.97 Å². The van der Waals surface area contributed by atoms with Gasteiger partial charge in [0.1, 0.15) is 17.1 Å². The first-order valence-electron chi connectivity index (χ1n) is 6.76. The summed E-state index contributed by atoms with van der Waals surface area (Å²) in [7, 11) is 3.09. The number of nitrogens with zero attached hydrogens (tertiary/aromatic N) is 1. The zero-order valence-corrected chi connectivity index (χ0v) is 12.2. The quantitative estimate of drug-likeness (QED) is 0.485. The molecule has 6 nitrogen and oxygen atoms in total. The van der Waals surface area contributed by atoms with Crippen LogP contribution in [0.3, 0.4) is 0 Å². The molecule has 1 aliphatic carbocycles. The van der Waals surface area contributed by atoms with Crippen molar-refractivity contribution >= 4 is 11.9 Å². The number of rotatable bonds is 5. The number of aliphatic imine (C=N–C) groups is 1. The van der Waals surface area contributed by atoms with Gasteiger partial charge in [0.25, 0.3) is 0 Å². The minimum atomic E-state index is -0.381. The van der Waals surface area contributed by atoms with Gasteiger partial charge in [0, 0.05) is 13.6 Å². The van der Waals surface area contributed by atoms with E-state index >= 15 is 0 Å². The van der Waals surface area contributed by atoms with E-state index in [1.807, 2.05) is 0 Å². The molecule has 1 aromatic rings. The van der Waals surface area contributed by atoms with Crippen LogP contribution in [0.25, 0.3) is 0 Å². The van der Waals surface area contributed by atoms with E-state index in [-0.39, 0.29) is 5.97 Å². The third kappa shape index (κ3) is 3.76. The molecule has 0 spiro atoms. The lowest BCUT2D eigenvalue weighted by atomic mass is 10.2. The smallest absolute Gasteiger partial charge is 0.341 e. The second-order valence-corrected chi connectivity index (χ2v) is 4.92. The van der Waals surface area contributed by atoms with E-state index in [0.29, 0.717) is 23.6 Å². The lowest BCUT2D eigenvalue weighted by molar-refractivity contribution is 0.0599. The number of nitrogens with one attached hydrogen (secondary N) is 2. The van der Waals surface area contributed by atoms with Gasteiger partial charge in [-0.25, -0.2) is 4.79 Å². The summed E-state index contributed by atoms with van der Waals surface area (Å²) >= 11 is 0. The lowest BCUT2D eigenvalue weighted by Gasteiger charge is -2.09. The molecule has 0 aromatic carbocycles. The van der Waals surface area contributed by atoms with Gasteiger partial charge in [-0.3, -0.25) is 4.99 Å². The van der Waals surface area contributed by atoms with E-state index in [1.54, 1.807) is 20.0 Å². The third-order valence-corrected chi connectivity index (χ3v) is 3.28. The van der Waals surface area contributed by atoms with Crippen LogP contribution < -0.4 is 10.6 Å². The largest absolute Gasteiger partial charge is 0.465 e. The molecule has 1 fully saturated rings. The van der Waals surface area contributed by atoms with E-state index in [2.05, 4.69) is 15.6 Å². The van der Waals surface area contributed by atoms with Crippen LogP contribution in [0.4, 0.5) is 0 Å². The molecule has 1 aromatic heterocycles. The fraction of sp³-hybridized carbons (Fsp3) is 0.571. The standard InChI is InChI=1S/C14H21N3O3/c1-9-12(13(18)19-3)6-11(20-9)8-17-14(15-2)16-7-10-4-5-10/h6,10H,4-5,7-8H2,1-3H3,(H2,15,16,17). The number of esters is 1. The van der Waals surface area contributed by atoms with Crippen LogP contribution in [-0.4, -0.2) is 32.6 Å². The lowest BCUT2D eigenvalue weighted by Crippen LogP contribution is -2.37. The van der Waals surface area contributed by atoms with Crippen molar-refractivity contribution in [1.29, 1.82) is 0 Å². The number of hydrogen-bond acceptors (Lipinski definition) is 4. The molecular weight excluding hydrogens is 258 g/mol. The molecule has 0 saturated heterocycles. The molecule has 2 N–H and O–H groups in total. The Balaban J connectivity index is 1.87. The van der Waals surface area contributed by atoms with Crippen LogP contribution in [0.5, 0.6) is 0 Å². The normalized spacial score (nSPS) is 15.1. The number of guanidine groups is 1. The molecular formula is C14H21N3O3. The predicted molar refractivity (Wildman–Crippen MR) is 75.7 cm³/mol. The SMILES string of the molecule is CN=C(NCc1cc(C(=O)OC)c(C)o1)NCC1CC1. The maximum Gasteiger partial charge on any atom is 0.341 e. The van der Waals surface area contributed by atoms with Crippen molar-refractivity contribution in [3.05, 3.63) is 23.2 Å². The summed E-state index contributed by atoms with van der Waals surface area (Å²) in [6, 6.07) is 1.70. The number of ether oxygens (including phenoxy) is 1. The van der Waals surface area contributed by atoms with Gasteiger partial charge in [0.15, 0.2) is 5.96 Å². The Morgan fingerprint density at radius 2 is 2.25 bits per heavy atom. The van der Waals surface area contributed by atoms with E-state index in [0.717, 1.165) is 18.4 Å². The average Bonchev–Trinajstić information content (AvgIpc) is 3.20. The average molecular weight is 279 g/mol. The number of aryl methyl sites for hydroxylation is 1. The summed E-state index contributed by atoms with van der Waals surface area (Å²) in [6.45, 7) is 3.17. The highest BCUT2D eigenvalue weighted by molar-refractivity contribution is 5.90. The number of carbonyl (C=O) groups excluding carboxylic acids is 1. The van der Waals surface area contributed by atoms with Gasteiger partial charge in [-0.2, -0.15) is 0 Å². The summed E-state index contributed by atoms with van der Waals surface area (Å²) in [5.74, 6) is 2.39. The van der Waals surface area contributed by atoms with Crippen molar-refractivity contribution in [2.45, 2.75) is 26.3 Å². The van der Waals surface area contributed by atoms with Gasteiger partial charge < -0.3 is 19.8 Å². The summed E-state index contributed by atoms with van der Waals surface area (Å²) in [6.07, 6.45) is 2.59. The molecule has 0 bridgehead atoms. The van der Waals surface area contributed by atoms with Crippen molar-refractivity contribution in [1.82, 2.24) is 10.6 Å². The first-order chi connectivity index (χ1) is 9.63. The fourth-order valence-corrected chi connectivity index (χ4v) is 1.90. The van der Waals surface area contributed by atoms with Crippen molar-refractivity contribution in [3.63, 3.8) is 0 Å².